The lowest BCUT2D eigenvalue weighted by Crippen LogP contribution is -2.40. The number of hydrogen-bond acceptors (Lipinski definition) is 2. The van der Waals surface area contributed by atoms with E-state index < -0.39 is 0 Å². The van der Waals surface area contributed by atoms with Crippen LogP contribution in [0.5, 0.6) is 0 Å². The average Bonchev–Trinajstić information content (AvgIpc) is 3.10. The number of nitrogens with one attached hydrogen (secondary N) is 2. The third-order valence-electron chi connectivity index (χ3n) is 4.75. The largest absolute Gasteiger partial charge is 0.371 e. The van der Waals surface area contributed by atoms with E-state index in [0.29, 0.717) is 17.5 Å². The van der Waals surface area contributed by atoms with Crippen LogP contribution >= 0.6 is 11.6 Å². The molecule has 1 saturated heterocycles. The van der Waals surface area contributed by atoms with Crippen LogP contribution in [0.4, 0.5) is 14.9 Å². The number of carbonyl (C=O) groups is 1. The van der Waals surface area contributed by atoms with Crippen LogP contribution in [0.3, 0.4) is 0 Å². The van der Waals surface area contributed by atoms with Crippen LogP contribution in [-0.4, -0.2) is 25.7 Å². The molecule has 2 aromatic rings. The van der Waals surface area contributed by atoms with Gasteiger partial charge in [-0.1, -0.05) is 29.8 Å². The molecule has 3 rings (SSSR count). The number of halogens is 2. The van der Waals surface area contributed by atoms with Crippen LogP contribution in [0.2, 0.25) is 5.02 Å². The number of nitrogens with zero attached hydrogens (tertiary/aromatic N) is 1. The van der Waals surface area contributed by atoms with E-state index in [-0.39, 0.29) is 17.9 Å². The molecular weight excluding hydrogens is 353 g/mol. The van der Waals surface area contributed by atoms with Gasteiger partial charge in [0.2, 0.25) is 0 Å². The van der Waals surface area contributed by atoms with Gasteiger partial charge in [0.15, 0.2) is 0 Å². The highest BCUT2D eigenvalue weighted by Crippen LogP contribution is 2.24. The molecule has 0 radical (unpaired) electrons. The average molecular weight is 376 g/mol. The number of carbonyl (C=O) groups excluding carboxylic acids is 1. The normalized spacial score (nSPS) is 17.8. The van der Waals surface area contributed by atoms with Crippen LogP contribution in [0, 0.1) is 11.7 Å². The maximum absolute atomic E-state index is 13.0. The minimum Gasteiger partial charge on any atom is -0.371 e. The van der Waals surface area contributed by atoms with Crippen molar-refractivity contribution in [2.75, 3.05) is 24.5 Å². The molecule has 2 N–H and O–H groups in total. The van der Waals surface area contributed by atoms with Crippen LogP contribution in [0.15, 0.2) is 48.5 Å². The SMILES string of the molecule is CC(NC(=O)NCC1CCN(c2ccc(F)cc2)C1)c1ccccc1Cl. The molecule has 0 bridgehead atoms. The summed E-state index contributed by atoms with van der Waals surface area (Å²) in [4.78, 5) is 14.4. The maximum Gasteiger partial charge on any atom is 0.315 e. The summed E-state index contributed by atoms with van der Waals surface area (Å²) in [6, 6.07) is 13.7. The predicted octanol–water partition coefficient (Wildman–Crippen LogP) is 4.37. The van der Waals surface area contributed by atoms with E-state index in [0.717, 1.165) is 30.8 Å². The first-order valence-corrected chi connectivity index (χ1v) is 9.20. The van der Waals surface area contributed by atoms with Crippen molar-refractivity contribution >= 4 is 23.3 Å². The van der Waals surface area contributed by atoms with E-state index in [2.05, 4.69) is 15.5 Å². The third-order valence-corrected chi connectivity index (χ3v) is 5.09. The highest BCUT2D eigenvalue weighted by molar-refractivity contribution is 6.31. The fourth-order valence-corrected chi connectivity index (χ4v) is 3.57. The van der Waals surface area contributed by atoms with E-state index in [1.807, 2.05) is 31.2 Å². The summed E-state index contributed by atoms with van der Waals surface area (Å²) in [6.07, 6.45) is 0.998. The Bertz CT molecular complexity index is 753. The Labute approximate surface area is 158 Å². The minimum absolute atomic E-state index is 0.164. The standard InChI is InChI=1S/C20H23ClFN3O/c1-14(18-4-2-3-5-19(18)21)24-20(26)23-12-15-10-11-25(13-15)17-8-6-16(22)7-9-17/h2-9,14-15H,10-13H2,1H3,(H2,23,24,26). The molecule has 1 aliphatic rings. The molecule has 0 aromatic heterocycles. The van der Waals surface area contributed by atoms with E-state index in [4.69, 9.17) is 11.6 Å². The van der Waals surface area contributed by atoms with Gasteiger partial charge in [0.25, 0.3) is 0 Å². The first-order chi connectivity index (χ1) is 12.5. The summed E-state index contributed by atoms with van der Waals surface area (Å²) in [5.74, 6) is 0.150. The van der Waals surface area contributed by atoms with Gasteiger partial charge in [0.05, 0.1) is 6.04 Å². The Kier molecular flexibility index (Phi) is 5.99. The van der Waals surface area contributed by atoms with Crippen LogP contribution in [-0.2, 0) is 0 Å². The van der Waals surface area contributed by atoms with E-state index in [1.54, 1.807) is 12.1 Å². The molecule has 1 heterocycles. The summed E-state index contributed by atoms with van der Waals surface area (Å²) in [6.45, 7) is 4.28. The summed E-state index contributed by atoms with van der Waals surface area (Å²) in [5, 5.41) is 6.51. The van der Waals surface area contributed by atoms with E-state index in [1.165, 1.54) is 12.1 Å². The molecule has 138 valence electrons. The lowest BCUT2D eigenvalue weighted by atomic mass is 10.1. The molecule has 1 fully saturated rings. The van der Waals surface area contributed by atoms with Gasteiger partial charge in [-0.15, -0.1) is 0 Å². The zero-order valence-corrected chi connectivity index (χ0v) is 15.5. The van der Waals surface area contributed by atoms with Gasteiger partial charge >= 0.3 is 6.03 Å². The van der Waals surface area contributed by atoms with Crippen molar-refractivity contribution in [3.8, 4) is 0 Å². The number of rotatable bonds is 5. The summed E-state index contributed by atoms with van der Waals surface area (Å²) >= 11 is 6.17. The van der Waals surface area contributed by atoms with Crippen LogP contribution < -0.4 is 15.5 Å². The molecule has 1 aliphatic heterocycles. The first kappa shape index (κ1) is 18.5. The summed E-state index contributed by atoms with van der Waals surface area (Å²) < 4.78 is 13.0. The van der Waals surface area contributed by atoms with Gasteiger partial charge in [0, 0.05) is 30.3 Å². The second kappa shape index (κ2) is 8.41. The topological polar surface area (TPSA) is 44.4 Å². The van der Waals surface area contributed by atoms with E-state index in [9.17, 15) is 9.18 Å². The maximum atomic E-state index is 13.0. The quantitative estimate of drug-likeness (QED) is 0.815. The third kappa shape index (κ3) is 4.67. The Morgan fingerprint density at radius 2 is 2.00 bits per heavy atom. The van der Waals surface area contributed by atoms with Gasteiger partial charge < -0.3 is 15.5 Å². The van der Waals surface area contributed by atoms with Gasteiger partial charge in [-0.3, -0.25) is 0 Å². The number of urea groups is 1. The first-order valence-electron chi connectivity index (χ1n) is 8.82. The molecule has 2 amide bonds. The van der Waals surface area contributed by atoms with Gasteiger partial charge in [0.1, 0.15) is 5.82 Å². The highest BCUT2D eigenvalue weighted by Gasteiger charge is 2.23. The van der Waals surface area contributed by atoms with Crippen molar-refractivity contribution in [1.82, 2.24) is 10.6 Å². The van der Waals surface area contributed by atoms with Gasteiger partial charge in [-0.2, -0.15) is 0 Å². The van der Waals surface area contributed by atoms with Gasteiger partial charge in [-0.25, -0.2) is 9.18 Å². The zero-order valence-electron chi connectivity index (χ0n) is 14.7. The van der Waals surface area contributed by atoms with Crippen molar-refractivity contribution in [3.63, 3.8) is 0 Å². The number of benzene rings is 2. The molecule has 0 saturated carbocycles. The molecule has 2 unspecified atom stereocenters. The zero-order chi connectivity index (χ0) is 18.5. The monoisotopic (exact) mass is 375 g/mol. The molecule has 2 atom stereocenters. The lowest BCUT2D eigenvalue weighted by Gasteiger charge is -2.19. The fraction of sp³-hybridized carbons (Fsp3) is 0.350. The minimum atomic E-state index is -0.226. The number of amides is 2. The van der Waals surface area contributed by atoms with E-state index >= 15 is 0 Å². The van der Waals surface area contributed by atoms with Crippen molar-refractivity contribution in [2.24, 2.45) is 5.92 Å². The molecule has 2 aromatic carbocycles. The van der Waals surface area contributed by atoms with Gasteiger partial charge in [-0.05, 0) is 55.2 Å². The second-order valence-corrected chi connectivity index (χ2v) is 7.08. The Balaban J connectivity index is 1.45. The lowest BCUT2D eigenvalue weighted by molar-refractivity contribution is 0.236. The molecule has 0 spiro atoms. The van der Waals surface area contributed by atoms with Crippen molar-refractivity contribution < 1.29 is 9.18 Å². The number of hydrogen-bond donors (Lipinski definition) is 2. The summed E-state index contributed by atoms with van der Waals surface area (Å²) in [7, 11) is 0. The molecule has 4 nitrogen and oxygen atoms in total. The number of anilines is 1. The smallest absolute Gasteiger partial charge is 0.315 e. The van der Waals surface area contributed by atoms with Crippen LogP contribution in [0.1, 0.15) is 24.9 Å². The Hall–Kier alpha value is -2.27. The molecule has 6 heteroatoms. The fourth-order valence-electron chi connectivity index (χ4n) is 3.27. The van der Waals surface area contributed by atoms with Crippen molar-refractivity contribution in [1.29, 1.82) is 0 Å². The molecule has 0 aliphatic carbocycles. The second-order valence-electron chi connectivity index (χ2n) is 6.67. The molecular formula is C20H23ClFN3O. The predicted molar refractivity (Wildman–Crippen MR) is 103 cm³/mol. The molecule has 26 heavy (non-hydrogen) atoms. The van der Waals surface area contributed by atoms with Crippen LogP contribution in [0.25, 0.3) is 0 Å². The highest BCUT2D eigenvalue weighted by atomic mass is 35.5. The van der Waals surface area contributed by atoms with Crippen molar-refractivity contribution in [2.45, 2.75) is 19.4 Å². The Morgan fingerprint density at radius 3 is 2.73 bits per heavy atom. The summed E-state index contributed by atoms with van der Waals surface area (Å²) in [5.41, 5.74) is 1.92. The van der Waals surface area contributed by atoms with Crippen molar-refractivity contribution in [3.05, 3.63) is 64.9 Å². The Morgan fingerprint density at radius 1 is 1.27 bits per heavy atom.